The smallest absolute Gasteiger partial charge is 0.257 e. The maximum absolute atomic E-state index is 13.1. The fourth-order valence-corrected chi connectivity index (χ4v) is 4.35. The number of thioether (sulfide) groups is 1. The predicted molar refractivity (Wildman–Crippen MR) is 115 cm³/mol. The van der Waals surface area contributed by atoms with E-state index in [1.165, 1.54) is 31.0 Å². The number of carbonyl (C=O) groups excluding carboxylic acids is 1. The van der Waals surface area contributed by atoms with E-state index < -0.39 is 5.92 Å². The van der Waals surface area contributed by atoms with Crippen molar-refractivity contribution in [3.63, 3.8) is 0 Å². The molecule has 0 fully saturated rings. The molecular formula is C22H20FN3O4S. The highest BCUT2D eigenvalue weighted by Gasteiger charge is 2.33. The largest absolute Gasteiger partial charge is 0.497 e. The number of benzene rings is 2. The van der Waals surface area contributed by atoms with E-state index in [1.807, 2.05) is 0 Å². The molecule has 1 atom stereocenters. The van der Waals surface area contributed by atoms with Crippen LogP contribution in [-0.4, -0.2) is 30.1 Å². The maximum atomic E-state index is 13.1. The lowest BCUT2D eigenvalue weighted by Crippen LogP contribution is -2.31. The van der Waals surface area contributed by atoms with Crippen LogP contribution < -0.4 is 20.3 Å². The molecule has 0 saturated heterocycles. The highest BCUT2D eigenvalue weighted by molar-refractivity contribution is 7.98. The van der Waals surface area contributed by atoms with E-state index in [-0.39, 0.29) is 29.5 Å². The van der Waals surface area contributed by atoms with E-state index >= 15 is 0 Å². The van der Waals surface area contributed by atoms with Gasteiger partial charge in [0, 0.05) is 23.7 Å². The summed E-state index contributed by atoms with van der Waals surface area (Å²) in [6.07, 6.45) is 0.0867. The number of nitrogens with zero attached hydrogens (tertiary/aromatic N) is 1. The summed E-state index contributed by atoms with van der Waals surface area (Å²) in [6, 6.07) is 11.4. The van der Waals surface area contributed by atoms with Crippen LogP contribution in [0.5, 0.6) is 11.5 Å². The Morgan fingerprint density at radius 3 is 2.61 bits per heavy atom. The van der Waals surface area contributed by atoms with Gasteiger partial charge in [-0.1, -0.05) is 23.9 Å². The number of nitrogens with one attached hydrogen (secondary N) is 2. The molecule has 4 rings (SSSR count). The summed E-state index contributed by atoms with van der Waals surface area (Å²) in [6.45, 7) is 0. The number of ether oxygens (including phenoxy) is 2. The molecule has 2 aromatic carbocycles. The van der Waals surface area contributed by atoms with Crippen LogP contribution in [0.2, 0.25) is 0 Å². The van der Waals surface area contributed by atoms with Crippen LogP contribution in [0.25, 0.3) is 0 Å². The van der Waals surface area contributed by atoms with Crippen LogP contribution in [0.1, 0.15) is 29.0 Å². The van der Waals surface area contributed by atoms with E-state index in [0.29, 0.717) is 33.5 Å². The first-order valence-corrected chi connectivity index (χ1v) is 10.5. The molecule has 2 N–H and O–H groups in total. The van der Waals surface area contributed by atoms with Crippen LogP contribution in [-0.2, 0) is 10.5 Å². The van der Waals surface area contributed by atoms with E-state index in [2.05, 4.69) is 15.3 Å². The number of hydrogen-bond donors (Lipinski definition) is 2. The SMILES string of the molecule is COc1ccc(OC)c([C@@H]2CC(=O)Nc3nc(SCc4ccc(F)cc4)[nH]c(=O)c32)c1. The van der Waals surface area contributed by atoms with Crippen molar-refractivity contribution in [2.75, 3.05) is 19.5 Å². The van der Waals surface area contributed by atoms with Crippen LogP contribution >= 0.6 is 11.8 Å². The van der Waals surface area contributed by atoms with Crippen molar-refractivity contribution in [1.82, 2.24) is 9.97 Å². The van der Waals surface area contributed by atoms with Gasteiger partial charge in [-0.2, -0.15) is 0 Å². The average Bonchev–Trinajstić information content (AvgIpc) is 2.77. The van der Waals surface area contributed by atoms with Crippen molar-refractivity contribution >= 4 is 23.5 Å². The van der Waals surface area contributed by atoms with Gasteiger partial charge in [0.2, 0.25) is 5.91 Å². The fraction of sp³-hybridized carbons (Fsp3) is 0.227. The zero-order valence-corrected chi connectivity index (χ0v) is 17.7. The molecule has 0 spiro atoms. The molecule has 0 radical (unpaired) electrons. The zero-order chi connectivity index (χ0) is 22.0. The normalized spacial score (nSPS) is 15.2. The number of aromatic nitrogens is 2. The standard InChI is InChI=1S/C22H20FN3O4S/c1-29-14-7-8-17(30-2)15(9-14)16-10-18(27)24-20-19(16)21(28)26-22(25-20)31-11-12-3-5-13(23)6-4-12/h3-9,16H,10-11H2,1-2H3,(H2,24,25,26,27,28)/t16-/m0/s1. The van der Waals surface area contributed by atoms with E-state index in [4.69, 9.17) is 9.47 Å². The van der Waals surface area contributed by atoms with Crippen molar-refractivity contribution in [2.24, 2.45) is 0 Å². The molecule has 0 bridgehead atoms. The summed E-state index contributed by atoms with van der Waals surface area (Å²) in [4.78, 5) is 32.7. The summed E-state index contributed by atoms with van der Waals surface area (Å²) in [7, 11) is 3.08. The van der Waals surface area contributed by atoms with Gasteiger partial charge in [0.1, 0.15) is 23.1 Å². The molecular weight excluding hydrogens is 421 g/mol. The summed E-state index contributed by atoms with van der Waals surface area (Å²) in [5.41, 5.74) is 1.60. The minimum absolute atomic E-state index is 0.0867. The maximum Gasteiger partial charge on any atom is 0.257 e. The second-order valence-electron chi connectivity index (χ2n) is 6.96. The quantitative estimate of drug-likeness (QED) is 0.448. The highest BCUT2D eigenvalue weighted by atomic mass is 32.2. The van der Waals surface area contributed by atoms with Crippen molar-refractivity contribution in [1.29, 1.82) is 0 Å². The van der Waals surface area contributed by atoms with Crippen LogP contribution in [0.15, 0.2) is 52.4 Å². The molecule has 1 aliphatic heterocycles. The Hall–Kier alpha value is -3.33. The molecule has 1 amide bonds. The number of methoxy groups -OCH3 is 2. The highest BCUT2D eigenvalue weighted by Crippen LogP contribution is 2.40. The Morgan fingerprint density at radius 1 is 1.13 bits per heavy atom. The molecule has 9 heteroatoms. The number of amides is 1. The summed E-state index contributed by atoms with van der Waals surface area (Å²) in [5.74, 6) is 0.798. The minimum atomic E-state index is -0.527. The molecule has 7 nitrogen and oxygen atoms in total. The minimum Gasteiger partial charge on any atom is -0.497 e. The zero-order valence-electron chi connectivity index (χ0n) is 16.9. The number of rotatable bonds is 6. The number of anilines is 1. The number of aromatic amines is 1. The van der Waals surface area contributed by atoms with Crippen molar-refractivity contribution in [3.8, 4) is 11.5 Å². The Labute approximate surface area is 182 Å². The average molecular weight is 441 g/mol. The van der Waals surface area contributed by atoms with Crippen molar-refractivity contribution < 1.29 is 18.7 Å². The molecule has 160 valence electrons. The van der Waals surface area contributed by atoms with Crippen molar-refractivity contribution in [3.05, 3.63) is 75.3 Å². The molecule has 0 aliphatic carbocycles. The van der Waals surface area contributed by atoms with Crippen LogP contribution in [0, 0.1) is 5.82 Å². The molecule has 0 unspecified atom stereocenters. The summed E-state index contributed by atoms with van der Waals surface area (Å²) >= 11 is 1.29. The Bertz CT molecular complexity index is 1180. The van der Waals surface area contributed by atoms with E-state index in [0.717, 1.165) is 5.56 Å². The lowest BCUT2D eigenvalue weighted by atomic mass is 9.86. The number of fused-ring (bicyclic) bond motifs is 1. The Morgan fingerprint density at radius 2 is 1.90 bits per heavy atom. The number of hydrogen-bond acceptors (Lipinski definition) is 6. The van der Waals surface area contributed by atoms with Gasteiger partial charge in [-0.3, -0.25) is 9.59 Å². The van der Waals surface area contributed by atoms with Gasteiger partial charge in [0.15, 0.2) is 5.16 Å². The van der Waals surface area contributed by atoms with Crippen LogP contribution in [0.4, 0.5) is 10.2 Å². The summed E-state index contributed by atoms with van der Waals surface area (Å²) in [5, 5.41) is 3.07. The van der Waals surface area contributed by atoms with Gasteiger partial charge in [-0.25, -0.2) is 9.37 Å². The molecule has 31 heavy (non-hydrogen) atoms. The summed E-state index contributed by atoms with van der Waals surface area (Å²) < 4.78 is 23.8. The number of halogens is 1. The lowest BCUT2D eigenvalue weighted by Gasteiger charge is -2.26. The molecule has 0 saturated carbocycles. The van der Waals surface area contributed by atoms with Gasteiger partial charge in [0.25, 0.3) is 5.56 Å². The predicted octanol–water partition coefficient (Wildman–Crippen LogP) is 3.69. The number of carbonyl (C=O) groups is 1. The Balaban J connectivity index is 1.69. The molecule has 3 aromatic rings. The molecule has 1 aromatic heterocycles. The Kier molecular flexibility index (Phi) is 5.94. The second kappa shape index (κ2) is 8.81. The van der Waals surface area contributed by atoms with Crippen molar-refractivity contribution in [2.45, 2.75) is 23.2 Å². The second-order valence-corrected chi connectivity index (χ2v) is 7.93. The van der Waals surface area contributed by atoms with E-state index in [9.17, 15) is 14.0 Å². The first-order valence-electron chi connectivity index (χ1n) is 9.51. The van der Waals surface area contributed by atoms with Gasteiger partial charge in [-0.15, -0.1) is 0 Å². The van der Waals surface area contributed by atoms with Gasteiger partial charge < -0.3 is 19.8 Å². The first-order chi connectivity index (χ1) is 15.0. The van der Waals surface area contributed by atoms with Crippen LogP contribution in [0.3, 0.4) is 0 Å². The fourth-order valence-electron chi connectivity index (χ4n) is 3.53. The number of H-pyrrole nitrogens is 1. The first kappa shape index (κ1) is 20.9. The van der Waals surface area contributed by atoms with E-state index in [1.54, 1.807) is 37.4 Å². The third-order valence-corrected chi connectivity index (χ3v) is 5.97. The topological polar surface area (TPSA) is 93.3 Å². The van der Waals surface area contributed by atoms with Gasteiger partial charge >= 0.3 is 0 Å². The van der Waals surface area contributed by atoms with Gasteiger partial charge in [0.05, 0.1) is 19.8 Å². The third-order valence-electron chi connectivity index (χ3n) is 5.03. The monoisotopic (exact) mass is 441 g/mol. The third kappa shape index (κ3) is 4.41. The molecule has 2 heterocycles. The molecule has 1 aliphatic rings. The lowest BCUT2D eigenvalue weighted by molar-refractivity contribution is -0.116. The van der Waals surface area contributed by atoms with Gasteiger partial charge in [-0.05, 0) is 35.9 Å².